The molecule has 1 heterocycles. The quantitative estimate of drug-likeness (QED) is 0.915. The Morgan fingerprint density at radius 3 is 2.84 bits per heavy atom. The molecule has 1 unspecified atom stereocenters. The summed E-state index contributed by atoms with van der Waals surface area (Å²) in [6, 6.07) is 4.83. The van der Waals surface area contributed by atoms with Gasteiger partial charge in [-0.15, -0.1) is 0 Å². The maximum atomic E-state index is 12.5. The van der Waals surface area contributed by atoms with Crippen LogP contribution in [0.2, 0.25) is 0 Å². The van der Waals surface area contributed by atoms with Gasteiger partial charge >= 0.3 is 6.18 Å². The standard InChI is InChI=1S/C12H13F3N2O2/c13-12(14,15)8-2-1-3-10(6-8)18-5-4-9-7-19-11(16)17-9/h1-3,6,9H,4-5,7H2,(H2,16,17). The molecule has 2 rings (SSSR count). The molecule has 19 heavy (non-hydrogen) atoms. The Morgan fingerprint density at radius 1 is 1.42 bits per heavy atom. The van der Waals surface area contributed by atoms with Gasteiger partial charge in [-0.25, -0.2) is 4.99 Å². The van der Waals surface area contributed by atoms with Crippen LogP contribution in [0.5, 0.6) is 5.75 Å². The van der Waals surface area contributed by atoms with E-state index in [0.717, 1.165) is 12.1 Å². The van der Waals surface area contributed by atoms with Crippen LogP contribution in [0.25, 0.3) is 0 Å². The molecule has 7 heteroatoms. The lowest BCUT2D eigenvalue weighted by Crippen LogP contribution is -2.12. The third-order valence-corrected chi connectivity index (χ3v) is 2.61. The number of nitrogens with two attached hydrogens (primary N) is 1. The first-order valence-electron chi connectivity index (χ1n) is 5.71. The second kappa shape index (κ2) is 5.38. The van der Waals surface area contributed by atoms with Crippen LogP contribution in [-0.2, 0) is 10.9 Å². The van der Waals surface area contributed by atoms with Crippen LogP contribution in [0.3, 0.4) is 0 Å². The maximum Gasteiger partial charge on any atom is 0.416 e. The summed E-state index contributed by atoms with van der Waals surface area (Å²) in [5, 5.41) is 0. The van der Waals surface area contributed by atoms with Gasteiger partial charge in [-0.2, -0.15) is 13.2 Å². The van der Waals surface area contributed by atoms with E-state index in [-0.39, 0.29) is 24.4 Å². The van der Waals surface area contributed by atoms with Crippen molar-refractivity contribution < 1.29 is 22.6 Å². The number of hydrogen-bond donors (Lipinski definition) is 1. The second-order valence-corrected chi connectivity index (χ2v) is 4.09. The van der Waals surface area contributed by atoms with Gasteiger partial charge in [0.2, 0.25) is 0 Å². The summed E-state index contributed by atoms with van der Waals surface area (Å²) in [4.78, 5) is 3.99. The number of benzene rings is 1. The molecule has 104 valence electrons. The third kappa shape index (κ3) is 3.77. The lowest BCUT2D eigenvalue weighted by atomic mass is 10.2. The zero-order chi connectivity index (χ0) is 13.9. The zero-order valence-electron chi connectivity index (χ0n) is 9.98. The Bertz CT molecular complexity index is 474. The molecule has 4 nitrogen and oxygen atoms in total. The molecule has 0 aliphatic carbocycles. The van der Waals surface area contributed by atoms with E-state index in [1.54, 1.807) is 0 Å². The van der Waals surface area contributed by atoms with Gasteiger partial charge in [0.1, 0.15) is 12.4 Å². The van der Waals surface area contributed by atoms with Gasteiger partial charge in [0.15, 0.2) is 0 Å². The Hall–Kier alpha value is -1.92. The van der Waals surface area contributed by atoms with Crippen molar-refractivity contribution >= 4 is 6.02 Å². The first-order valence-corrected chi connectivity index (χ1v) is 5.71. The SMILES string of the molecule is NC1=NC(CCOc2cccc(C(F)(F)F)c2)CO1. The second-order valence-electron chi connectivity index (χ2n) is 4.09. The minimum absolute atomic E-state index is 0.0919. The van der Waals surface area contributed by atoms with E-state index < -0.39 is 11.7 Å². The molecule has 2 N–H and O–H groups in total. The average Bonchev–Trinajstić information content (AvgIpc) is 2.74. The van der Waals surface area contributed by atoms with Crippen LogP contribution >= 0.6 is 0 Å². The molecule has 1 aromatic rings. The molecule has 0 spiro atoms. The summed E-state index contributed by atoms with van der Waals surface area (Å²) in [7, 11) is 0. The molecule has 1 aliphatic heterocycles. The molecule has 0 aromatic heterocycles. The molecule has 0 saturated carbocycles. The van der Waals surface area contributed by atoms with Crippen LogP contribution in [0.4, 0.5) is 13.2 Å². The summed E-state index contributed by atoms with van der Waals surface area (Å²) in [5.74, 6) is 0.186. The lowest BCUT2D eigenvalue weighted by Gasteiger charge is -2.11. The molecular formula is C12H13F3N2O2. The smallest absolute Gasteiger partial charge is 0.416 e. The molecule has 0 saturated heterocycles. The number of ether oxygens (including phenoxy) is 2. The van der Waals surface area contributed by atoms with Crippen molar-refractivity contribution in [3.8, 4) is 5.75 Å². The number of halogens is 3. The summed E-state index contributed by atoms with van der Waals surface area (Å²) in [6.07, 6.45) is -3.83. The molecule has 0 bridgehead atoms. The maximum absolute atomic E-state index is 12.5. The van der Waals surface area contributed by atoms with Gasteiger partial charge in [-0.3, -0.25) is 0 Å². The minimum atomic E-state index is -4.36. The number of rotatable bonds is 4. The number of aliphatic imine (C=N–C) groups is 1. The predicted octanol–water partition coefficient (Wildman–Crippen LogP) is 2.19. The van der Waals surface area contributed by atoms with E-state index in [0.29, 0.717) is 13.0 Å². The van der Waals surface area contributed by atoms with Crippen molar-refractivity contribution in [2.45, 2.75) is 18.6 Å². The van der Waals surface area contributed by atoms with Crippen LogP contribution < -0.4 is 10.5 Å². The zero-order valence-corrected chi connectivity index (χ0v) is 9.98. The van der Waals surface area contributed by atoms with Gasteiger partial charge in [-0.1, -0.05) is 6.07 Å². The fraction of sp³-hybridized carbons (Fsp3) is 0.417. The highest BCUT2D eigenvalue weighted by Gasteiger charge is 2.30. The van der Waals surface area contributed by atoms with Gasteiger partial charge < -0.3 is 15.2 Å². The van der Waals surface area contributed by atoms with Crippen LogP contribution in [0.1, 0.15) is 12.0 Å². The molecular weight excluding hydrogens is 261 g/mol. The molecule has 0 amide bonds. The minimum Gasteiger partial charge on any atom is -0.493 e. The Kier molecular flexibility index (Phi) is 3.82. The Balaban J connectivity index is 1.86. The largest absolute Gasteiger partial charge is 0.493 e. The predicted molar refractivity (Wildman–Crippen MR) is 62.9 cm³/mol. The molecule has 0 fully saturated rings. The van der Waals surface area contributed by atoms with Crippen LogP contribution in [0.15, 0.2) is 29.3 Å². The van der Waals surface area contributed by atoms with E-state index in [2.05, 4.69) is 4.99 Å². The Labute approximate surface area is 108 Å². The third-order valence-electron chi connectivity index (χ3n) is 2.61. The first kappa shape index (κ1) is 13.5. The van der Waals surface area contributed by atoms with Gasteiger partial charge in [0, 0.05) is 6.42 Å². The number of nitrogens with zero attached hydrogens (tertiary/aromatic N) is 1. The lowest BCUT2D eigenvalue weighted by molar-refractivity contribution is -0.137. The first-order chi connectivity index (χ1) is 8.95. The van der Waals surface area contributed by atoms with Crippen molar-refractivity contribution in [1.82, 2.24) is 0 Å². The monoisotopic (exact) mass is 274 g/mol. The van der Waals surface area contributed by atoms with Crippen LogP contribution in [0, 0.1) is 0 Å². The summed E-state index contributed by atoms with van der Waals surface area (Å²) < 4.78 is 47.7. The highest BCUT2D eigenvalue weighted by Crippen LogP contribution is 2.31. The highest BCUT2D eigenvalue weighted by molar-refractivity contribution is 5.72. The molecule has 1 atom stereocenters. The van der Waals surface area contributed by atoms with Gasteiger partial charge in [0.25, 0.3) is 6.02 Å². The van der Waals surface area contributed by atoms with E-state index in [1.165, 1.54) is 12.1 Å². The van der Waals surface area contributed by atoms with Gasteiger partial charge in [0.05, 0.1) is 18.2 Å². The molecule has 0 radical (unpaired) electrons. The summed E-state index contributed by atoms with van der Waals surface area (Å²) >= 11 is 0. The van der Waals surface area contributed by atoms with E-state index in [4.69, 9.17) is 15.2 Å². The van der Waals surface area contributed by atoms with Crippen molar-refractivity contribution in [2.75, 3.05) is 13.2 Å². The summed E-state index contributed by atoms with van der Waals surface area (Å²) in [6.45, 7) is 0.643. The molecule has 1 aromatic carbocycles. The van der Waals surface area contributed by atoms with Crippen molar-refractivity contribution in [2.24, 2.45) is 10.7 Å². The van der Waals surface area contributed by atoms with E-state index in [9.17, 15) is 13.2 Å². The topological polar surface area (TPSA) is 56.8 Å². The average molecular weight is 274 g/mol. The van der Waals surface area contributed by atoms with Crippen molar-refractivity contribution in [3.05, 3.63) is 29.8 Å². The fourth-order valence-electron chi connectivity index (χ4n) is 1.66. The number of alkyl halides is 3. The normalized spacial score (nSPS) is 18.9. The fourth-order valence-corrected chi connectivity index (χ4v) is 1.66. The van der Waals surface area contributed by atoms with Crippen molar-refractivity contribution in [1.29, 1.82) is 0 Å². The summed E-state index contributed by atoms with van der Waals surface area (Å²) in [5.41, 5.74) is 4.61. The number of amidine groups is 1. The molecule has 1 aliphatic rings. The number of hydrogen-bond acceptors (Lipinski definition) is 4. The van der Waals surface area contributed by atoms with Crippen molar-refractivity contribution in [3.63, 3.8) is 0 Å². The highest BCUT2D eigenvalue weighted by atomic mass is 19.4. The van der Waals surface area contributed by atoms with E-state index in [1.807, 2.05) is 0 Å². The Morgan fingerprint density at radius 2 is 2.21 bits per heavy atom. The van der Waals surface area contributed by atoms with E-state index >= 15 is 0 Å². The van der Waals surface area contributed by atoms with Gasteiger partial charge in [-0.05, 0) is 18.2 Å². The van der Waals surface area contributed by atoms with Crippen LogP contribution in [-0.4, -0.2) is 25.3 Å².